The monoisotopic (exact) mass is 236 g/mol. The van der Waals surface area contributed by atoms with E-state index in [1.54, 1.807) is 18.2 Å². The Balaban J connectivity index is 1.91. The van der Waals surface area contributed by atoms with Crippen LogP contribution in [0.1, 0.15) is 10.4 Å². The lowest BCUT2D eigenvalue weighted by atomic mass is 10.1. The van der Waals surface area contributed by atoms with Crippen LogP contribution < -0.4 is 9.47 Å². The molecule has 17 heavy (non-hydrogen) atoms. The predicted molar refractivity (Wildman–Crippen MR) is 57.4 cm³/mol. The molecule has 1 fully saturated rings. The molecule has 1 aromatic carbocycles. The molecule has 2 atom stereocenters. The van der Waals surface area contributed by atoms with Gasteiger partial charge in [0.2, 0.25) is 0 Å². The van der Waals surface area contributed by atoms with Gasteiger partial charge in [-0.25, -0.2) is 4.79 Å². The summed E-state index contributed by atoms with van der Waals surface area (Å²) in [6.07, 6.45) is -0.137. The Kier molecular flexibility index (Phi) is 2.40. The molecule has 0 aromatic heterocycles. The fourth-order valence-electron chi connectivity index (χ4n) is 2.00. The van der Waals surface area contributed by atoms with Crippen molar-refractivity contribution >= 4 is 5.97 Å². The number of hydrogen-bond donors (Lipinski definition) is 0. The van der Waals surface area contributed by atoms with Crippen molar-refractivity contribution in [2.45, 2.75) is 12.2 Å². The van der Waals surface area contributed by atoms with Crippen LogP contribution in [0.5, 0.6) is 11.5 Å². The highest BCUT2D eigenvalue weighted by atomic mass is 16.6. The van der Waals surface area contributed by atoms with Crippen molar-refractivity contribution in [3.8, 4) is 11.5 Å². The van der Waals surface area contributed by atoms with Gasteiger partial charge >= 0.3 is 5.97 Å². The summed E-state index contributed by atoms with van der Waals surface area (Å²) in [5.74, 6) is 0.824. The third kappa shape index (κ3) is 1.72. The molecule has 0 amide bonds. The summed E-state index contributed by atoms with van der Waals surface area (Å²) in [5, 5.41) is 0. The van der Waals surface area contributed by atoms with Gasteiger partial charge < -0.3 is 18.9 Å². The van der Waals surface area contributed by atoms with E-state index >= 15 is 0 Å². The normalized spacial score (nSPS) is 25.2. The summed E-state index contributed by atoms with van der Waals surface area (Å²) in [6, 6.07) is 5.01. The fourth-order valence-corrected chi connectivity index (χ4v) is 2.00. The average Bonchev–Trinajstić information content (AvgIpc) is 2.81. The number of rotatable bonds is 1. The summed E-state index contributed by atoms with van der Waals surface area (Å²) < 4.78 is 21.4. The molecule has 0 saturated carbocycles. The molecule has 2 aliphatic heterocycles. The van der Waals surface area contributed by atoms with E-state index in [1.165, 1.54) is 7.11 Å². The van der Waals surface area contributed by atoms with E-state index < -0.39 is 0 Å². The van der Waals surface area contributed by atoms with Crippen molar-refractivity contribution in [3.05, 3.63) is 23.8 Å². The molecule has 90 valence electrons. The molecular formula is C12H12O5. The third-order valence-electron chi connectivity index (χ3n) is 2.90. The van der Waals surface area contributed by atoms with E-state index in [1.807, 2.05) is 0 Å². The van der Waals surface area contributed by atoms with Crippen LogP contribution in [0.15, 0.2) is 18.2 Å². The first kappa shape index (κ1) is 10.4. The Morgan fingerprint density at radius 3 is 2.65 bits per heavy atom. The summed E-state index contributed by atoms with van der Waals surface area (Å²) in [5.41, 5.74) is 0.451. The zero-order valence-corrected chi connectivity index (χ0v) is 9.34. The van der Waals surface area contributed by atoms with Crippen molar-refractivity contribution in [2.75, 3.05) is 20.3 Å². The second-order valence-corrected chi connectivity index (χ2v) is 4.00. The van der Waals surface area contributed by atoms with Crippen LogP contribution in [0, 0.1) is 0 Å². The van der Waals surface area contributed by atoms with Crippen molar-refractivity contribution in [2.24, 2.45) is 0 Å². The number of benzene rings is 1. The van der Waals surface area contributed by atoms with Crippen LogP contribution >= 0.6 is 0 Å². The van der Waals surface area contributed by atoms with Gasteiger partial charge in [0.15, 0.2) is 23.7 Å². The lowest BCUT2D eigenvalue weighted by Gasteiger charge is -2.28. The molecule has 2 heterocycles. The molecule has 5 heteroatoms. The Hall–Kier alpha value is -1.75. The second-order valence-electron chi connectivity index (χ2n) is 4.00. The van der Waals surface area contributed by atoms with Gasteiger partial charge in [0.1, 0.15) is 0 Å². The number of esters is 1. The fraction of sp³-hybridized carbons (Fsp3) is 0.417. The van der Waals surface area contributed by atoms with Gasteiger partial charge in [-0.2, -0.15) is 0 Å². The van der Waals surface area contributed by atoms with Gasteiger partial charge in [0, 0.05) is 0 Å². The van der Waals surface area contributed by atoms with Crippen molar-refractivity contribution in [1.82, 2.24) is 0 Å². The molecule has 0 bridgehead atoms. The zero-order valence-electron chi connectivity index (χ0n) is 9.34. The van der Waals surface area contributed by atoms with E-state index in [4.69, 9.17) is 14.2 Å². The van der Waals surface area contributed by atoms with Gasteiger partial charge in [-0.1, -0.05) is 0 Å². The molecule has 2 aliphatic rings. The first-order valence-corrected chi connectivity index (χ1v) is 5.41. The quantitative estimate of drug-likeness (QED) is 0.681. The van der Waals surface area contributed by atoms with Crippen molar-refractivity contribution < 1.29 is 23.7 Å². The maximum atomic E-state index is 11.4. The topological polar surface area (TPSA) is 54.0 Å². The SMILES string of the molecule is COC(=O)c1ccc2c(c1)OC1COCC1O2. The Bertz CT molecular complexity index is 456. The number of carbonyl (C=O) groups is 1. The molecular weight excluding hydrogens is 224 g/mol. The lowest BCUT2D eigenvalue weighted by molar-refractivity contribution is 0.0535. The van der Waals surface area contributed by atoms with E-state index in [2.05, 4.69) is 4.74 Å². The van der Waals surface area contributed by atoms with E-state index in [9.17, 15) is 4.79 Å². The van der Waals surface area contributed by atoms with Gasteiger partial charge in [-0.05, 0) is 18.2 Å². The maximum absolute atomic E-state index is 11.4. The Morgan fingerprint density at radius 1 is 1.24 bits per heavy atom. The molecule has 0 radical (unpaired) electrons. The smallest absolute Gasteiger partial charge is 0.337 e. The van der Waals surface area contributed by atoms with E-state index in [0.717, 1.165) is 0 Å². The minimum absolute atomic E-state index is 0.0496. The molecule has 1 aromatic rings. The molecule has 5 nitrogen and oxygen atoms in total. The van der Waals surface area contributed by atoms with Crippen LogP contribution in [0.4, 0.5) is 0 Å². The van der Waals surface area contributed by atoms with Crippen molar-refractivity contribution in [3.63, 3.8) is 0 Å². The summed E-state index contributed by atoms with van der Waals surface area (Å²) in [6.45, 7) is 1.06. The van der Waals surface area contributed by atoms with Crippen molar-refractivity contribution in [1.29, 1.82) is 0 Å². The van der Waals surface area contributed by atoms with Crippen LogP contribution in [0.3, 0.4) is 0 Å². The first-order chi connectivity index (χ1) is 8.28. The largest absolute Gasteiger partial charge is 0.480 e. The van der Waals surface area contributed by atoms with E-state index in [0.29, 0.717) is 30.3 Å². The number of ether oxygens (including phenoxy) is 4. The van der Waals surface area contributed by atoms with Gasteiger partial charge in [-0.15, -0.1) is 0 Å². The summed E-state index contributed by atoms with van der Waals surface area (Å²) in [4.78, 5) is 11.4. The molecule has 1 saturated heterocycles. The van der Waals surface area contributed by atoms with Crippen LogP contribution in [-0.2, 0) is 9.47 Å². The summed E-state index contributed by atoms with van der Waals surface area (Å²) in [7, 11) is 1.35. The molecule has 3 rings (SSSR count). The maximum Gasteiger partial charge on any atom is 0.337 e. The highest BCUT2D eigenvalue weighted by molar-refractivity contribution is 5.90. The average molecular weight is 236 g/mol. The van der Waals surface area contributed by atoms with Crippen LogP contribution in [0.2, 0.25) is 0 Å². The standard InChI is InChI=1S/C12H12O5/c1-14-12(13)7-2-3-8-9(4-7)17-11-6-15-5-10(11)16-8/h2-4,10-11H,5-6H2,1H3. The van der Waals surface area contributed by atoms with E-state index in [-0.39, 0.29) is 18.2 Å². The molecule has 2 unspecified atom stereocenters. The number of fused-ring (bicyclic) bond motifs is 2. The third-order valence-corrected chi connectivity index (χ3v) is 2.90. The second kappa shape index (κ2) is 3.92. The highest BCUT2D eigenvalue weighted by Crippen LogP contribution is 2.36. The Morgan fingerprint density at radius 2 is 1.94 bits per heavy atom. The predicted octanol–water partition coefficient (Wildman–Crippen LogP) is 1.01. The molecule has 0 N–H and O–H groups in total. The zero-order chi connectivity index (χ0) is 11.8. The Labute approximate surface area is 98.2 Å². The highest BCUT2D eigenvalue weighted by Gasteiger charge is 2.36. The van der Waals surface area contributed by atoms with Crippen LogP contribution in [0.25, 0.3) is 0 Å². The van der Waals surface area contributed by atoms with Crippen LogP contribution in [-0.4, -0.2) is 38.5 Å². The molecule has 0 aliphatic carbocycles. The minimum atomic E-state index is -0.388. The van der Waals surface area contributed by atoms with Gasteiger partial charge in [0.05, 0.1) is 25.9 Å². The van der Waals surface area contributed by atoms with Gasteiger partial charge in [0.25, 0.3) is 0 Å². The number of hydrogen-bond acceptors (Lipinski definition) is 5. The minimum Gasteiger partial charge on any atom is -0.480 e. The lowest BCUT2D eigenvalue weighted by Crippen LogP contribution is -2.38. The van der Waals surface area contributed by atoms with Gasteiger partial charge in [-0.3, -0.25) is 0 Å². The number of carbonyl (C=O) groups excluding carboxylic acids is 1. The first-order valence-electron chi connectivity index (χ1n) is 5.41. The molecule has 0 spiro atoms. The number of methoxy groups -OCH3 is 1. The summed E-state index contributed by atoms with van der Waals surface area (Å²) >= 11 is 0.